The Hall–Kier alpha value is -0.910. The van der Waals surface area contributed by atoms with Crippen LogP contribution in [0.3, 0.4) is 0 Å². The van der Waals surface area contributed by atoms with E-state index in [0.717, 1.165) is 13.0 Å². The first-order chi connectivity index (χ1) is 12.1. The average molecular weight is 499 g/mol. The molecule has 9 heteroatoms. The summed E-state index contributed by atoms with van der Waals surface area (Å²) in [4.78, 5) is 4.48. The smallest absolute Gasteiger partial charge is 0.190 e. The standard InChI is InChI=1S/C17H29N3O4S.HI/c1-18-17(19-10-6-12-24-14-13-23-2)20-11-7-15-25(21,22)16-8-4-3-5-9-16;/h3-5,8-9H,6-7,10-15H2,1-2H3,(H2,18,19,20);1H. The quantitative estimate of drug-likeness (QED) is 0.197. The van der Waals surface area contributed by atoms with Crippen molar-refractivity contribution in [2.45, 2.75) is 17.7 Å². The number of ether oxygens (including phenoxy) is 2. The molecular formula is C17H30IN3O4S. The van der Waals surface area contributed by atoms with Crippen molar-refractivity contribution in [1.82, 2.24) is 10.6 Å². The molecule has 0 saturated heterocycles. The monoisotopic (exact) mass is 499 g/mol. The first kappa shape index (κ1) is 25.1. The van der Waals surface area contributed by atoms with E-state index in [1.807, 2.05) is 0 Å². The summed E-state index contributed by atoms with van der Waals surface area (Å²) in [7, 11) is 0.106. The SMILES string of the molecule is CN=C(NCCCOCCOC)NCCCS(=O)(=O)c1ccccc1.I. The molecule has 0 saturated carbocycles. The van der Waals surface area contributed by atoms with Crippen molar-refractivity contribution < 1.29 is 17.9 Å². The highest BCUT2D eigenvalue weighted by molar-refractivity contribution is 14.0. The molecule has 0 aliphatic rings. The molecule has 1 aromatic carbocycles. The summed E-state index contributed by atoms with van der Waals surface area (Å²) in [5.74, 6) is 0.767. The van der Waals surface area contributed by atoms with Crippen molar-refractivity contribution in [3.8, 4) is 0 Å². The average Bonchev–Trinajstić information content (AvgIpc) is 2.63. The van der Waals surface area contributed by atoms with Crippen LogP contribution in [0.2, 0.25) is 0 Å². The topological polar surface area (TPSA) is 89.0 Å². The second-order valence-electron chi connectivity index (χ2n) is 5.37. The Bertz CT molecular complexity index is 597. The van der Waals surface area contributed by atoms with E-state index in [9.17, 15) is 8.42 Å². The Morgan fingerprint density at radius 2 is 1.69 bits per heavy atom. The summed E-state index contributed by atoms with van der Waals surface area (Å²) < 4.78 is 34.6. The summed E-state index contributed by atoms with van der Waals surface area (Å²) in [6.07, 6.45) is 1.37. The molecule has 2 N–H and O–H groups in total. The van der Waals surface area contributed by atoms with Gasteiger partial charge < -0.3 is 20.1 Å². The summed E-state index contributed by atoms with van der Waals surface area (Å²) in [5.41, 5.74) is 0. The Morgan fingerprint density at radius 3 is 2.31 bits per heavy atom. The highest BCUT2D eigenvalue weighted by Gasteiger charge is 2.13. The van der Waals surface area contributed by atoms with Crippen LogP contribution in [-0.4, -0.2) is 67.2 Å². The summed E-state index contributed by atoms with van der Waals surface area (Å²) in [5, 5.41) is 6.29. The van der Waals surface area contributed by atoms with Crippen molar-refractivity contribution >= 4 is 39.8 Å². The minimum absolute atomic E-state index is 0. The number of hydrogen-bond acceptors (Lipinski definition) is 5. The predicted molar refractivity (Wildman–Crippen MR) is 115 cm³/mol. The van der Waals surface area contributed by atoms with E-state index in [2.05, 4.69) is 15.6 Å². The highest BCUT2D eigenvalue weighted by Crippen LogP contribution is 2.10. The van der Waals surface area contributed by atoms with Gasteiger partial charge in [0, 0.05) is 33.9 Å². The van der Waals surface area contributed by atoms with E-state index in [4.69, 9.17) is 9.47 Å². The lowest BCUT2D eigenvalue weighted by Crippen LogP contribution is -2.38. The van der Waals surface area contributed by atoms with Crippen LogP contribution in [0, 0.1) is 0 Å². The maximum Gasteiger partial charge on any atom is 0.190 e. The van der Waals surface area contributed by atoms with Crippen LogP contribution in [-0.2, 0) is 19.3 Å². The fourth-order valence-corrected chi connectivity index (χ4v) is 3.39. The molecule has 0 radical (unpaired) electrons. The lowest BCUT2D eigenvalue weighted by Gasteiger charge is -2.12. The van der Waals surface area contributed by atoms with Crippen LogP contribution in [0.1, 0.15) is 12.8 Å². The third kappa shape index (κ3) is 10.9. The number of sulfone groups is 1. The summed E-state index contributed by atoms with van der Waals surface area (Å²) >= 11 is 0. The van der Waals surface area contributed by atoms with Gasteiger partial charge in [-0.1, -0.05) is 18.2 Å². The number of aliphatic imine (C=N–C) groups is 1. The molecule has 0 heterocycles. The maximum atomic E-state index is 12.2. The fraction of sp³-hybridized carbons (Fsp3) is 0.588. The van der Waals surface area contributed by atoms with Crippen LogP contribution >= 0.6 is 24.0 Å². The van der Waals surface area contributed by atoms with Gasteiger partial charge in [0.15, 0.2) is 15.8 Å². The van der Waals surface area contributed by atoms with E-state index >= 15 is 0 Å². The number of nitrogens with one attached hydrogen (secondary N) is 2. The normalized spacial score (nSPS) is 11.7. The predicted octanol–water partition coefficient (Wildman–Crippen LogP) is 1.69. The molecule has 26 heavy (non-hydrogen) atoms. The molecule has 1 aromatic rings. The van der Waals surface area contributed by atoms with Crippen molar-refractivity contribution in [2.24, 2.45) is 4.99 Å². The van der Waals surface area contributed by atoms with E-state index < -0.39 is 9.84 Å². The van der Waals surface area contributed by atoms with Crippen molar-refractivity contribution in [3.63, 3.8) is 0 Å². The second-order valence-corrected chi connectivity index (χ2v) is 7.48. The highest BCUT2D eigenvalue weighted by atomic mass is 127. The van der Waals surface area contributed by atoms with Gasteiger partial charge in [0.05, 0.1) is 23.9 Å². The first-order valence-corrected chi connectivity index (χ1v) is 10.0. The third-order valence-electron chi connectivity index (χ3n) is 3.40. The number of nitrogens with zero attached hydrogens (tertiary/aromatic N) is 1. The number of hydrogen-bond donors (Lipinski definition) is 2. The second kappa shape index (κ2) is 15.2. The molecule has 0 amide bonds. The summed E-state index contributed by atoms with van der Waals surface area (Å²) in [6.45, 7) is 3.12. The molecule has 0 fully saturated rings. The van der Waals surface area contributed by atoms with Crippen molar-refractivity contribution in [3.05, 3.63) is 30.3 Å². The van der Waals surface area contributed by atoms with Crippen LogP contribution in [0.4, 0.5) is 0 Å². The van der Waals surface area contributed by atoms with Gasteiger partial charge in [0.1, 0.15) is 0 Å². The molecule has 7 nitrogen and oxygen atoms in total. The van der Waals surface area contributed by atoms with Gasteiger partial charge >= 0.3 is 0 Å². The van der Waals surface area contributed by atoms with Gasteiger partial charge in [0.2, 0.25) is 0 Å². The molecule has 0 unspecified atom stereocenters. The minimum atomic E-state index is -3.22. The minimum Gasteiger partial charge on any atom is -0.382 e. The zero-order valence-corrected chi connectivity index (χ0v) is 18.6. The van der Waals surface area contributed by atoms with E-state index in [0.29, 0.717) is 43.6 Å². The zero-order chi connectivity index (χ0) is 18.4. The van der Waals surface area contributed by atoms with Crippen molar-refractivity contribution in [2.75, 3.05) is 52.8 Å². The first-order valence-electron chi connectivity index (χ1n) is 8.39. The van der Waals surface area contributed by atoms with Gasteiger partial charge in [-0.3, -0.25) is 4.99 Å². The van der Waals surface area contributed by atoms with Gasteiger partial charge in [-0.25, -0.2) is 8.42 Å². The molecule has 0 aliphatic carbocycles. The summed E-state index contributed by atoms with van der Waals surface area (Å²) in [6, 6.07) is 8.51. The molecule has 0 aromatic heterocycles. The Morgan fingerprint density at radius 1 is 1.04 bits per heavy atom. The fourth-order valence-electron chi connectivity index (χ4n) is 2.06. The van der Waals surface area contributed by atoms with Crippen LogP contribution in [0.5, 0.6) is 0 Å². The van der Waals surface area contributed by atoms with Crippen LogP contribution < -0.4 is 10.6 Å². The van der Waals surface area contributed by atoms with Gasteiger partial charge in [-0.2, -0.15) is 0 Å². The molecule has 0 spiro atoms. The van der Waals surface area contributed by atoms with Crippen LogP contribution in [0.15, 0.2) is 40.2 Å². The van der Waals surface area contributed by atoms with Gasteiger partial charge in [-0.15, -0.1) is 24.0 Å². The lowest BCUT2D eigenvalue weighted by molar-refractivity contribution is 0.0698. The molecule has 0 bridgehead atoms. The zero-order valence-electron chi connectivity index (χ0n) is 15.4. The Labute approximate surface area is 173 Å². The Balaban J connectivity index is 0.00000625. The molecule has 0 aliphatic heterocycles. The van der Waals surface area contributed by atoms with E-state index in [1.54, 1.807) is 44.5 Å². The van der Waals surface area contributed by atoms with Crippen molar-refractivity contribution in [1.29, 1.82) is 0 Å². The van der Waals surface area contributed by atoms with Gasteiger partial charge in [0.25, 0.3) is 0 Å². The van der Waals surface area contributed by atoms with Gasteiger partial charge in [-0.05, 0) is 25.0 Å². The number of halogens is 1. The number of guanidine groups is 1. The number of rotatable bonds is 12. The maximum absolute atomic E-state index is 12.2. The number of methoxy groups -OCH3 is 1. The Kier molecular flexibility index (Phi) is 14.6. The van der Waals surface area contributed by atoms with Crippen LogP contribution in [0.25, 0.3) is 0 Å². The van der Waals surface area contributed by atoms with E-state index in [-0.39, 0.29) is 29.7 Å². The lowest BCUT2D eigenvalue weighted by atomic mass is 10.4. The molecular weight excluding hydrogens is 469 g/mol. The van der Waals surface area contributed by atoms with E-state index in [1.165, 1.54) is 0 Å². The largest absolute Gasteiger partial charge is 0.382 e. The molecule has 1 rings (SSSR count). The number of benzene rings is 1. The molecule has 150 valence electrons. The third-order valence-corrected chi connectivity index (χ3v) is 5.21. The molecule has 0 atom stereocenters.